The lowest BCUT2D eigenvalue weighted by Crippen LogP contribution is -2.29. The van der Waals surface area contributed by atoms with Crippen molar-refractivity contribution in [1.82, 2.24) is 14.9 Å². The minimum absolute atomic E-state index is 0.0629. The van der Waals surface area contributed by atoms with E-state index in [2.05, 4.69) is 57.4 Å². The van der Waals surface area contributed by atoms with Gasteiger partial charge in [-0.05, 0) is 86.2 Å². The van der Waals surface area contributed by atoms with E-state index in [1.807, 2.05) is 72.8 Å². The van der Waals surface area contributed by atoms with E-state index in [0.717, 1.165) is 16.9 Å². The third-order valence-electron chi connectivity index (χ3n) is 6.32. The molecule has 8 heteroatoms. The monoisotopic (exact) mass is 511 g/mol. The van der Waals surface area contributed by atoms with Gasteiger partial charge in [0.2, 0.25) is 0 Å². The van der Waals surface area contributed by atoms with Crippen molar-refractivity contribution in [3.8, 4) is 5.75 Å². The first-order chi connectivity index (χ1) is 18.0. The van der Waals surface area contributed by atoms with E-state index in [1.54, 1.807) is 6.20 Å². The lowest BCUT2D eigenvalue weighted by molar-refractivity contribution is -0.118. The lowest BCUT2D eigenvalue weighted by Gasteiger charge is -2.27. The molecule has 1 aliphatic heterocycles. The van der Waals surface area contributed by atoms with Gasteiger partial charge < -0.3 is 24.8 Å². The van der Waals surface area contributed by atoms with Crippen LogP contribution >= 0.6 is 12.2 Å². The summed E-state index contributed by atoms with van der Waals surface area (Å²) in [6.07, 6.45) is 6.08. The third-order valence-corrected chi connectivity index (χ3v) is 6.63. The van der Waals surface area contributed by atoms with Gasteiger partial charge in [-0.1, -0.05) is 24.3 Å². The molecule has 0 bridgehead atoms. The number of carbonyl (C=O) groups excluding carboxylic acids is 1. The molecule has 2 aromatic carbocycles. The van der Waals surface area contributed by atoms with Crippen LogP contribution in [0.25, 0.3) is 0 Å². The summed E-state index contributed by atoms with van der Waals surface area (Å²) in [5, 5.41) is 7.01. The average Bonchev–Trinajstić information content (AvgIpc) is 3.54. The number of carbonyl (C=O) groups is 1. The molecule has 1 saturated heterocycles. The van der Waals surface area contributed by atoms with Crippen LogP contribution in [0.15, 0.2) is 97.5 Å². The van der Waals surface area contributed by atoms with Crippen molar-refractivity contribution >= 4 is 34.6 Å². The zero-order valence-corrected chi connectivity index (χ0v) is 21.6. The molecule has 0 unspecified atom stereocenters. The molecule has 1 amide bonds. The summed E-state index contributed by atoms with van der Waals surface area (Å²) in [6.45, 7) is 4.26. The van der Waals surface area contributed by atoms with Crippen molar-refractivity contribution in [3.05, 3.63) is 109 Å². The minimum Gasteiger partial charge on any atom is -0.484 e. The topological polar surface area (TPSA) is 71.4 Å². The third kappa shape index (κ3) is 5.49. The molecule has 4 aromatic rings. The number of nitrogens with zero attached hydrogens (tertiary/aromatic N) is 3. The molecule has 7 nitrogen and oxygen atoms in total. The maximum Gasteiger partial charge on any atom is 0.262 e. The quantitative estimate of drug-likeness (QED) is 0.298. The Kier molecular flexibility index (Phi) is 7.18. The maximum absolute atomic E-state index is 12.4. The Morgan fingerprint density at radius 2 is 1.81 bits per heavy atom. The highest BCUT2D eigenvalue weighted by atomic mass is 32.1. The van der Waals surface area contributed by atoms with E-state index < -0.39 is 0 Å². The van der Waals surface area contributed by atoms with Gasteiger partial charge in [0.1, 0.15) is 5.75 Å². The maximum atomic E-state index is 12.4. The van der Waals surface area contributed by atoms with Crippen LogP contribution in [0.3, 0.4) is 0 Å². The summed E-state index contributed by atoms with van der Waals surface area (Å²) >= 11 is 5.81. The molecule has 3 heterocycles. The van der Waals surface area contributed by atoms with Crippen LogP contribution in [0.2, 0.25) is 0 Å². The van der Waals surface area contributed by atoms with E-state index in [9.17, 15) is 4.79 Å². The number of para-hydroxylation sites is 1. The normalized spacial score (nSPS) is 17.1. The van der Waals surface area contributed by atoms with E-state index in [1.165, 1.54) is 0 Å². The Hall–Kier alpha value is -4.17. The van der Waals surface area contributed by atoms with Crippen LogP contribution in [0.1, 0.15) is 43.2 Å². The largest absolute Gasteiger partial charge is 0.484 e. The molecule has 2 atom stereocenters. The molecule has 0 saturated carbocycles. The zero-order valence-electron chi connectivity index (χ0n) is 20.7. The predicted octanol–water partition coefficient (Wildman–Crippen LogP) is 5.66. The molecule has 1 fully saturated rings. The fourth-order valence-corrected chi connectivity index (χ4v) is 4.81. The Morgan fingerprint density at radius 1 is 1.05 bits per heavy atom. The number of benzene rings is 2. The minimum atomic E-state index is -0.224. The smallest absolute Gasteiger partial charge is 0.262 e. The van der Waals surface area contributed by atoms with Gasteiger partial charge in [0.25, 0.3) is 5.91 Å². The molecule has 2 N–H and O–H groups in total. The predicted molar refractivity (Wildman–Crippen MR) is 150 cm³/mol. The van der Waals surface area contributed by atoms with Crippen LogP contribution in [0.5, 0.6) is 5.75 Å². The van der Waals surface area contributed by atoms with Crippen LogP contribution in [0, 0.1) is 0 Å². The molecular formula is C29H29N5O2S. The molecular weight excluding hydrogens is 482 g/mol. The number of pyridine rings is 1. The zero-order chi connectivity index (χ0) is 25.8. The van der Waals surface area contributed by atoms with Gasteiger partial charge in [0.05, 0.1) is 17.8 Å². The van der Waals surface area contributed by atoms with Crippen molar-refractivity contribution in [1.29, 1.82) is 0 Å². The molecule has 0 radical (unpaired) electrons. The second kappa shape index (κ2) is 10.8. The molecule has 37 heavy (non-hydrogen) atoms. The van der Waals surface area contributed by atoms with Crippen molar-refractivity contribution < 1.29 is 9.53 Å². The van der Waals surface area contributed by atoms with Crippen molar-refractivity contribution in [2.24, 2.45) is 0 Å². The summed E-state index contributed by atoms with van der Waals surface area (Å²) in [5.41, 5.74) is 3.69. The molecule has 5 rings (SSSR count). The molecule has 2 aromatic heterocycles. The van der Waals surface area contributed by atoms with Crippen molar-refractivity contribution in [2.45, 2.75) is 32.0 Å². The molecule has 188 valence electrons. The Bertz CT molecular complexity index is 1360. The van der Waals surface area contributed by atoms with Gasteiger partial charge >= 0.3 is 0 Å². The van der Waals surface area contributed by atoms with E-state index >= 15 is 0 Å². The van der Waals surface area contributed by atoms with E-state index in [0.29, 0.717) is 22.6 Å². The van der Waals surface area contributed by atoms with E-state index in [4.69, 9.17) is 17.0 Å². The van der Waals surface area contributed by atoms with E-state index in [-0.39, 0.29) is 24.6 Å². The Balaban J connectivity index is 1.36. The first-order valence-electron chi connectivity index (χ1n) is 12.3. The van der Waals surface area contributed by atoms with Gasteiger partial charge in [-0.25, -0.2) is 0 Å². The fourth-order valence-electron chi connectivity index (χ4n) is 4.47. The fraction of sp³-hybridized carbons (Fsp3) is 0.207. The number of aromatic nitrogens is 2. The summed E-state index contributed by atoms with van der Waals surface area (Å²) in [5.74, 6) is 0.431. The number of nitrogens with one attached hydrogen (secondary N) is 2. The Morgan fingerprint density at radius 3 is 2.49 bits per heavy atom. The lowest BCUT2D eigenvalue weighted by atomic mass is 9.98. The second-order valence-corrected chi connectivity index (χ2v) is 9.57. The summed E-state index contributed by atoms with van der Waals surface area (Å²) < 4.78 is 7.74. The van der Waals surface area contributed by atoms with Crippen molar-refractivity contribution in [3.63, 3.8) is 0 Å². The number of rotatable bonds is 8. The van der Waals surface area contributed by atoms with Gasteiger partial charge in [-0.3, -0.25) is 9.78 Å². The highest BCUT2D eigenvalue weighted by molar-refractivity contribution is 7.80. The molecule has 1 aliphatic rings. The first-order valence-corrected chi connectivity index (χ1v) is 12.7. The number of hydrogen-bond acceptors (Lipinski definition) is 4. The molecule has 0 spiro atoms. The second-order valence-electron chi connectivity index (χ2n) is 9.18. The SMILES string of the molecule is CC(C)n1ccc([C@H]2[C@@H](c3ccccn3)NC(=S)N2c2ccc(NC(=O)COc3ccccc3)cc2)c1. The summed E-state index contributed by atoms with van der Waals surface area (Å²) in [6, 6.07) is 25.2. The van der Waals surface area contributed by atoms with Gasteiger partial charge in [-0.15, -0.1) is 0 Å². The highest BCUT2D eigenvalue weighted by Gasteiger charge is 2.41. The van der Waals surface area contributed by atoms with Gasteiger partial charge in [-0.2, -0.15) is 0 Å². The number of hydrogen-bond donors (Lipinski definition) is 2. The number of amides is 1. The van der Waals surface area contributed by atoms with Gasteiger partial charge in [0.15, 0.2) is 11.7 Å². The standard InChI is InChI=1S/C29H29N5O2S/c1-20(2)33-17-15-21(18-33)28-27(25-10-6-7-16-30-25)32-29(37)34(28)23-13-11-22(12-14-23)31-26(35)19-36-24-8-4-3-5-9-24/h3-18,20,27-28H,19H2,1-2H3,(H,31,35)(H,32,37)/t27-,28+/m1/s1. The van der Waals surface area contributed by atoms with Crippen LogP contribution < -0.4 is 20.3 Å². The number of ether oxygens (including phenoxy) is 1. The van der Waals surface area contributed by atoms with Crippen LogP contribution in [0.4, 0.5) is 11.4 Å². The summed E-state index contributed by atoms with van der Waals surface area (Å²) in [7, 11) is 0. The van der Waals surface area contributed by atoms with Gasteiger partial charge in [0, 0.05) is 36.0 Å². The number of thiocarbonyl (C=S) groups is 1. The van der Waals surface area contributed by atoms with Crippen LogP contribution in [-0.4, -0.2) is 27.2 Å². The highest BCUT2D eigenvalue weighted by Crippen LogP contribution is 2.42. The number of anilines is 2. The molecule has 0 aliphatic carbocycles. The first kappa shape index (κ1) is 24.5. The van der Waals surface area contributed by atoms with Crippen molar-refractivity contribution in [2.75, 3.05) is 16.8 Å². The van der Waals surface area contributed by atoms with Crippen LogP contribution in [-0.2, 0) is 4.79 Å². The Labute approximate surface area is 222 Å². The average molecular weight is 512 g/mol. The summed E-state index contributed by atoms with van der Waals surface area (Å²) in [4.78, 5) is 19.1.